The van der Waals surface area contributed by atoms with Crippen molar-refractivity contribution in [1.82, 2.24) is 4.90 Å². The lowest BCUT2D eigenvalue weighted by atomic mass is 10.3. The molecule has 0 aromatic carbocycles. The van der Waals surface area contributed by atoms with Gasteiger partial charge in [-0.15, -0.1) is 0 Å². The van der Waals surface area contributed by atoms with E-state index in [2.05, 4.69) is 17.9 Å². The number of aliphatic hydroxyl groups is 1. The first-order chi connectivity index (χ1) is 9.65. The fraction of sp³-hybridized carbons (Fsp3) is 0.571. The minimum Gasteiger partial charge on any atom is -0.463 e. The molecule has 1 amide bonds. The van der Waals surface area contributed by atoms with Crippen molar-refractivity contribution in [3.8, 4) is 0 Å². The molecule has 1 aliphatic rings. The Hall–Kier alpha value is -1.66. The van der Waals surface area contributed by atoms with Crippen LogP contribution in [0.1, 0.15) is 12.8 Å². The molecule has 1 heterocycles. The third-order valence-electron chi connectivity index (χ3n) is 2.46. The van der Waals surface area contributed by atoms with Crippen LogP contribution in [0.25, 0.3) is 0 Å². The molecule has 20 heavy (non-hydrogen) atoms. The molecule has 0 bridgehead atoms. The summed E-state index contributed by atoms with van der Waals surface area (Å²) in [6.07, 6.45) is 3.84. The zero-order valence-corrected chi connectivity index (χ0v) is 11.8. The zero-order chi connectivity index (χ0) is 15.2. The van der Waals surface area contributed by atoms with Crippen molar-refractivity contribution in [2.75, 3.05) is 39.5 Å². The number of hydrogen-bond donors (Lipinski definition) is 1. The van der Waals surface area contributed by atoms with Crippen molar-refractivity contribution in [1.29, 1.82) is 0 Å². The van der Waals surface area contributed by atoms with Crippen molar-refractivity contribution in [2.45, 2.75) is 12.8 Å². The van der Waals surface area contributed by atoms with E-state index >= 15 is 0 Å². The van der Waals surface area contributed by atoms with Crippen molar-refractivity contribution in [3.63, 3.8) is 0 Å². The molecule has 0 saturated carbocycles. The van der Waals surface area contributed by atoms with Gasteiger partial charge in [0, 0.05) is 25.8 Å². The van der Waals surface area contributed by atoms with Gasteiger partial charge in [-0.05, 0) is 18.9 Å². The van der Waals surface area contributed by atoms with Crippen LogP contribution in [0.15, 0.2) is 25.3 Å². The van der Waals surface area contributed by atoms with E-state index in [1.165, 1.54) is 6.08 Å². The highest BCUT2D eigenvalue weighted by Crippen LogP contribution is 1.96. The van der Waals surface area contributed by atoms with E-state index < -0.39 is 5.97 Å². The minimum atomic E-state index is -0.405. The van der Waals surface area contributed by atoms with Gasteiger partial charge in [0.2, 0.25) is 5.91 Å². The molecule has 0 aromatic heterocycles. The van der Waals surface area contributed by atoms with Crippen LogP contribution in [0.5, 0.6) is 0 Å². The largest absolute Gasteiger partial charge is 0.463 e. The number of ether oxygens (including phenoxy) is 2. The average molecular weight is 285 g/mol. The quantitative estimate of drug-likeness (QED) is 0.437. The summed E-state index contributed by atoms with van der Waals surface area (Å²) in [6, 6.07) is 0. The number of hydrogen-bond acceptors (Lipinski definition) is 5. The summed E-state index contributed by atoms with van der Waals surface area (Å²) in [4.78, 5) is 23.0. The Kier molecular flexibility index (Phi) is 11.4. The first-order valence-electron chi connectivity index (χ1n) is 6.54. The zero-order valence-electron chi connectivity index (χ0n) is 11.8. The van der Waals surface area contributed by atoms with E-state index in [1.807, 2.05) is 0 Å². The molecule has 1 aliphatic heterocycles. The molecule has 6 nitrogen and oxygen atoms in total. The molecule has 0 radical (unpaired) electrons. The van der Waals surface area contributed by atoms with Crippen LogP contribution in [0.3, 0.4) is 0 Å². The molecular weight excluding hydrogens is 262 g/mol. The van der Waals surface area contributed by atoms with Crippen LogP contribution in [0.4, 0.5) is 0 Å². The highest BCUT2D eigenvalue weighted by Gasteiger charge is 2.12. The molecule has 1 N–H and O–H groups in total. The predicted molar refractivity (Wildman–Crippen MR) is 75.1 cm³/mol. The number of unbranched alkanes of at least 4 members (excludes halogenated alkanes) is 1. The van der Waals surface area contributed by atoms with Gasteiger partial charge < -0.3 is 19.5 Å². The second-order valence-corrected chi connectivity index (χ2v) is 3.94. The summed E-state index contributed by atoms with van der Waals surface area (Å²) >= 11 is 0. The molecular formula is C14H23NO5. The Morgan fingerprint density at radius 3 is 2.35 bits per heavy atom. The standard InChI is InChI=1S/C7H11NO2.C7H12O3/c1-2-7(9)8-3-5-10-6-4-8;1-2-7(9)10-6-4-3-5-8/h2H,1,3-6H2;2,8H,1,3-6H2. The van der Waals surface area contributed by atoms with Crippen molar-refractivity contribution < 1.29 is 24.2 Å². The maximum absolute atomic E-state index is 10.9. The molecule has 1 fully saturated rings. The van der Waals surface area contributed by atoms with Crippen LogP contribution < -0.4 is 0 Å². The van der Waals surface area contributed by atoms with Crippen LogP contribution in [-0.2, 0) is 19.1 Å². The molecule has 114 valence electrons. The van der Waals surface area contributed by atoms with Gasteiger partial charge in [0.25, 0.3) is 0 Å². The van der Waals surface area contributed by atoms with Gasteiger partial charge >= 0.3 is 5.97 Å². The Balaban J connectivity index is 0.000000361. The molecule has 0 aromatic rings. The fourth-order valence-electron chi connectivity index (χ4n) is 1.36. The van der Waals surface area contributed by atoms with E-state index in [1.54, 1.807) is 4.90 Å². The predicted octanol–water partition coefficient (Wildman–Crippen LogP) is 0.519. The summed E-state index contributed by atoms with van der Waals surface area (Å²) in [7, 11) is 0. The third kappa shape index (κ3) is 9.29. The molecule has 0 aliphatic carbocycles. The highest BCUT2D eigenvalue weighted by atomic mass is 16.5. The number of carbonyl (C=O) groups is 2. The SMILES string of the molecule is C=CC(=O)N1CCOCC1.C=CC(=O)OCCCCO. The first-order valence-corrected chi connectivity index (χ1v) is 6.54. The second kappa shape index (κ2) is 12.4. The summed E-state index contributed by atoms with van der Waals surface area (Å²) in [5.41, 5.74) is 0. The summed E-state index contributed by atoms with van der Waals surface area (Å²) in [6.45, 7) is 9.85. The maximum atomic E-state index is 10.9. The van der Waals surface area contributed by atoms with Gasteiger partial charge in [-0.2, -0.15) is 0 Å². The van der Waals surface area contributed by atoms with Crippen LogP contribution in [-0.4, -0.2) is 61.4 Å². The monoisotopic (exact) mass is 285 g/mol. The van der Waals surface area contributed by atoms with E-state index in [4.69, 9.17) is 9.84 Å². The Labute approximate surface area is 119 Å². The first kappa shape index (κ1) is 18.3. The Morgan fingerprint density at radius 2 is 1.85 bits per heavy atom. The summed E-state index contributed by atoms with van der Waals surface area (Å²) in [5, 5.41) is 8.33. The highest BCUT2D eigenvalue weighted by molar-refractivity contribution is 5.87. The summed E-state index contributed by atoms with van der Waals surface area (Å²) < 4.78 is 9.69. The Morgan fingerprint density at radius 1 is 1.20 bits per heavy atom. The normalized spacial score (nSPS) is 13.8. The lowest BCUT2D eigenvalue weighted by molar-refractivity contribution is -0.137. The lowest BCUT2D eigenvalue weighted by Crippen LogP contribution is -2.39. The van der Waals surface area contributed by atoms with Crippen LogP contribution in [0.2, 0.25) is 0 Å². The average Bonchev–Trinajstić information content (AvgIpc) is 2.52. The molecule has 1 saturated heterocycles. The van der Waals surface area contributed by atoms with E-state index in [-0.39, 0.29) is 12.5 Å². The number of esters is 1. The van der Waals surface area contributed by atoms with Gasteiger partial charge in [-0.25, -0.2) is 4.79 Å². The van der Waals surface area contributed by atoms with E-state index in [0.29, 0.717) is 45.8 Å². The molecule has 1 rings (SSSR count). The smallest absolute Gasteiger partial charge is 0.330 e. The number of amides is 1. The van der Waals surface area contributed by atoms with Crippen LogP contribution in [0, 0.1) is 0 Å². The summed E-state index contributed by atoms with van der Waals surface area (Å²) in [5.74, 6) is -0.402. The minimum absolute atomic E-state index is 0.00306. The number of carbonyl (C=O) groups excluding carboxylic acids is 2. The van der Waals surface area contributed by atoms with Crippen molar-refractivity contribution in [3.05, 3.63) is 25.3 Å². The third-order valence-corrected chi connectivity index (χ3v) is 2.46. The second-order valence-electron chi connectivity index (χ2n) is 3.94. The topological polar surface area (TPSA) is 76.1 Å². The van der Waals surface area contributed by atoms with Crippen molar-refractivity contribution >= 4 is 11.9 Å². The van der Waals surface area contributed by atoms with E-state index in [0.717, 1.165) is 6.08 Å². The van der Waals surface area contributed by atoms with Gasteiger partial charge in [-0.3, -0.25) is 4.79 Å². The van der Waals surface area contributed by atoms with Crippen LogP contribution >= 0.6 is 0 Å². The molecule has 6 heteroatoms. The van der Waals surface area contributed by atoms with Gasteiger partial charge in [-0.1, -0.05) is 13.2 Å². The van der Waals surface area contributed by atoms with E-state index in [9.17, 15) is 9.59 Å². The lowest BCUT2D eigenvalue weighted by Gasteiger charge is -2.25. The number of aliphatic hydroxyl groups excluding tert-OH is 1. The molecule has 0 spiro atoms. The van der Waals surface area contributed by atoms with Gasteiger partial charge in [0.1, 0.15) is 0 Å². The Bertz CT molecular complexity index is 311. The van der Waals surface area contributed by atoms with Crippen molar-refractivity contribution in [2.24, 2.45) is 0 Å². The fourth-order valence-corrected chi connectivity index (χ4v) is 1.36. The number of nitrogens with zero attached hydrogens (tertiary/aromatic N) is 1. The van der Waals surface area contributed by atoms with Gasteiger partial charge in [0.05, 0.1) is 19.8 Å². The molecule has 0 unspecified atom stereocenters. The number of rotatable bonds is 6. The molecule has 0 atom stereocenters. The van der Waals surface area contributed by atoms with Gasteiger partial charge in [0.15, 0.2) is 0 Å². The maximum Gasteiger partial charge on any atom is 0.330 e. The number of morpholine rings is 1.